The number of ether oxygens (including phenoxy) is 2. The quantitative estimate of drug-likeness (QED) is 0.374. The Kier molecular flexibility index (Phi) is 6.30. The summed E-state index contributed by atoms with van der Waals surface area (Å²) in [5.41, 5.74) is 0.169. The average molecular weight is 505 g/mol. The summed E-state index contributed by atoms with van der Waals surface area (Å²) in [5.74, 6) is 1.02. The maximum Gasteiger partial charge on any atom is 0.332 e. The van der Waals surface area contributed by atoms with Crippen molar-refractivity contribution >= 4 is 51.1 Å². The molecule has 0 saturated heterocycles. The standard InChI is InChI=1S/C19H20N8O5S2/c1-25-12-13(26(2)19(30)27(3)14(12)28)21-17(25)34-18-24-23-16(33-18)22-15(29)20-9-6-7-10(31-4)11(8-9)32-5/h6-8H,1-5H3,(H2,20,22,23,29). The van der Waals surface area contributed by atoms with Crippen LogP contribution in [0.1, 0.15) is 0 Å². The summed E-state index contributed by atoms with van der Waals surface area (Å²) < 4.78 is 14.8. The highest BCUT2D eigenvalue weighted by Gasteiger charge is 2.19. The van der Waals surface area contributed by atoms with E-state index in [0.717, 1.165) is 27.7 Å². The number of hydrogen-bond donors (Lipinski definition) is 2. The lowest BCUT2D eigenvalue weighted by Gasteiger charge is -2.10. The molecule has 0 saturated carbocycles. The van der Waals surface area contributed by atoms with E-state index < -0.39 is 17.3 Å². The fourth-order valence-corrected chi connectivity index (χ4v) is 4.84. The molecule has 0 atom stereocenters. The predicted molar refractivity (Wildman–Crippen MR) is 127 cm³/mol. The third-order valence-electron chi connectivity index (χ3n) is 4.88. The number of fused-ring (bicyclic) bond motifs is 1. The molecule has 4 rings (SSSR count). The Morgan fingerprint density at radius 2 is 1.74 bits per heavy atom. The minimum Gasteiger partial charge on any atom is -0.493 e. The number of benzene rings is 1. The van der Waals surface area contributed by atoms with Gasteiger partial charge in [-0.05, 0) is 23.9 Å². The average Bonchev–Trinajstić information content (AvgIpc) is 3.40. The van der Waals surface area contributed by atoms with Gasteiger partial charge in [-0.1, -0.05) is 11.3 Å². The van der Waals surface area contributed by atoms with Gasteiger partial charge in [0, 0.05) is 32.9 Å². The molecule has 178 valence electrons. The van der Waals surface area contributed by atoms with Gasteiger partial charge in [0.25, 0.3) is 5.56 Å². The summed E-state index contributed by atoms with van der Waals surface area (Å²) in [7, 11) is 7.68. The van der Waals surface area contributed by atoms with E-state index in [-0.39, 0.29) is 10.8 Å². The number of anilines is 2. The number of aryl methyl sites for hydroxylation is 2. The molecule has 2 N–H and O–H groups in total. The van der Waals surface area contributed by atoms with Crippen LogP contribution in [0.15, 0.2) is 37.3 Å². The molecule has 15 heteroatoms. The number of amides is 2. The second-order valence-corrected chi connectivity index (χ2v) is 9.15. The molecule has 34 heavy (non-hydrogen) atoms. The molecule has 0 unspecified atom stereocenters. The van der Waals surface area contributed by atoms with E-state index in [1.807, 2.05) is 0 Å². The van der Waals surface area contributed by atoms with Crippen LogP contribution in [0.4, 0.5) is 15.6 Å². The molecule has 1 aromatic carbocycles. The smallest absolute Gasteiger partial charge is 0.332 e. The summed E-state index contributed by atoms with van der Waals surface area (Å²) in [6.45, 7) is 0. The Labute approximate surface area is 200 Å². The molecule has 0 fully saturated rings. The SMILES string of the molecule is COc1ccc(NC(=O)Nc2nnc(Sc3nc4c(c(=O)n(C)c(=O)n4C)n3C)s2)cc1OC. The first-order valence-corrected chi connectivity index (χ1v) is 11.3. The van der Waals surface area contributed by atoms with Crippen molar-refractivity contribution in [2.75, 3.05) is 24.9 Å². The minimum absolute atomic E-state index is 0.266. The Morgan fingerprint density at radius 3 is 2.44 bits per heavy atom. The second-order valence-electron chi connectivity index (χ2n) is 6.96. The maximum atomic E-state index is 12.5. The molecular weight excluding hydrogens is 484 g/mol. The van der Waals surface area contributed by atoms with Crippen LogP contribution in [-0.4, -0.2) is 49.1 Å². The van der Waals surface area contributed by atoms with Crippen molar-refractivity contribution in [3.8, 4) is 11.5 Å². The zero-order chi connectivity index (χ0) is 24.6. The molecule has 2 amide bonds. The van der Waals surface area contributed by atoms with Crippen molar-refractivity contribution in [1.82, 2.24) is 28.9 Å². The molecule has 0 spiro atoms. The Bertz CT molecular complexity index is 1520. The van der Waals surface area contributed by atoms with E-state index in [9.17, 15) is 14.4 Å². The van der Waals surface area contributed by atoms with Gasteiger partial charge in [-0.2, -0.15) is 0 Å². The fourth-order valence-electron chi connectivity index (χ4n) is 3.14. The first-order valence-electron chi connectivity index (χ1n) is 9.67. The zero-order valence-electron chi connectivity index (χ0n) is 18.8. The van der Waals surface area contributed by atoms with Crippen LogP contribution in [0.5, 0.6) is 11.5 Å². The highest BCUT2D eigenvalue weighted by Crippen LogP contribution is 2.33. The summed E-state index contributed by atoms with van der Waals surface area (Å²) in [5, 5.41) is 14.1. The summed E-state index contributed by atoms with van der Waals surface area (Å²) in [4.78, 5) is 41.5. The van der Waals surface area contributed by atoms with Gasteiger partial charge in [0.15, 0.2) is 32.2 Å². The highest BCUT2D eigenvalue weighted by molar-refractivity contribution is 8.01. The van der Waals surface area contributed by atoms with Crippen molar-refractivity contribution in [3.05, 3.63) is 39.0 Å². The third-order valence-corrected chi connectivity index (χ3v) is 6.82. The molecule has 0 aliphatic heterocycles. The van der Waals surface area contributed by atoms with Gasteiger partial charge in [0.1, 0.15) is 0 Å². The number of imidazole rings is 1. The fraction of sp³-hybridized carbons (Fsp3) is 0.263. The number of aromatic nitrogens is 6. The zero-order valence-corrected chi connectivity index (χ0v) is 20.4. The van der Waals surface area contributed by atoms with Crippen molar-refractivity contribution < 1.29 is 14.3 Å². The van der Waals surface area contributed by atoms with Crippen molar-refractivity contribution in [2.45, 2.75) is 9.50 Å². The largest absolute Gasteiger partial charge is 0.493 e. The Hall–Kier alpha value is -3.85. The summed E-state index contributed by atoms with van der Waals surface area (Å²) >= 11 is 2.29. The van der Waals surface area contributed by atoms with Gasteiger partial charge in [0.2, 0.25) is 5.13 Å². The van der Waals surface area contributed by atoms with Crippen molar-refractivity contribution in [3.63, 3.8) is 0 Å². The molecule has 0 aliphatic rings. The summed E-state index contributed by atoms with van der Waals surface area (Å²) in [6.07, 6.45) is 0. The third kappa shape index (κ3) is 4.22. The van der Waals surface area contributed by atoms with Crippen LogP contribution in [-0.2, 0) is 21.1 Å². The van der Waals surface area contributed by atoms with E-state index in [1.165, 1.54) is 25.8 Å². The molecule has 3 heterocycles. The van der Waals surface area contributed by atoms with Crippen LogP contribution in [0.2, 0.25) is 0 Å². The lowest BCUT2D eigenvalue weighted by atomic mass is 10.3. The Morgan fingerprint density at radius 1 is 1.00 bits per heavy atom. The van der Waals surface area contributed by atoms with Crippen LogP contribution in [0, 0.1) is 0 Å². The predicted octanol–water partition coefficient (Wildman–Crippen LogP) is 1.63. The lowest BCUT2D eigenvalue weighted by Crippen LogP contribution is -2.37. The molecule has 0 bridgehead atoms. The van der Waals surface area contributed by atoms with Crippen molar-refractivity contribution in [2.24, 2.45) is 21.1 Å². The second kappa shape index (κ2) is 9.18. The molecule has 0 aliphatic carbocycles. The number of methoxy groups -OCH3 is 2. The number of rotatable bonds is 6. The van der Waals surface area contributed by atoms with Gasteiger partial charge in [-0.15, -0.1) is 10.2 Å². The van der Waals surface area contributed by atoms with Gasteiger partial charge in [-0.25, -0.2) is 14.6 Å². The van der Waals surface area contributed by atoms with Gasteiger partial charge in [-0.3, -0.25) is 19.2 Å². The first-order chi connectivity index (χ1) is 16.2. The molecule has 3 aromatic heterocycles. The lowest BCUT2D eigenvalue weighted by molar-refractivity contribution is 0.262. The molecule has 4 aromatic rings. The minimum atomic E-state index is -0.513. The van der Waals surface area contributed by atoms with Crippen LogP contribution in [0.25, 0.3) is 11.2 Å². The number of carbonyl (C=O) groups excluding carboxylic acids is 1. The van der Waals surface area contributed by atoms with Crippen LogP contribution >= 0.6 is 23.1 Å². The van der Waals surface area contributed by atoms with Gasteiger partial charge >= 0.3 is 11.7 Å². The monoisotopic (exact) mass is 504 g/mol. The summed E-state index contributed by atoms with van der Waals surface area (Å²) in [6, 6.07) is 4.46. The van der Waals surface area contributed by atoms with E-state index in [0.29, 0.717) is 32.2 Å². The highest BCUT2D eigenvalue weighted by atomic mass is 32.2. The topological polar surface area (TPSA) is 147 Å². The van der Waals surface area contributed by atoms with Crippen LogP contribution in [0.3, 0.4) is 0 Å². The van der Waals surface area contributed by atoms with Crippen molar-refractivity contribution in [1.29, 1.82) is 0 Å². The first kappa shape index (κ1) is 23.3. The molecule has 0 radical (unpaired) electrons. The van der Waals surface area contributed by atoms with E-state index in [2.05, 4.69) is 25.8 Å². The number of hydrogen-bond acceptors (Lipinski definition) is 10. The van der Waals surface area contributed by atoms with Gasteiger partial charge < -0.3 is 19.4 Å². The number of nitrogens with zero attached hydrogens (tertiary/aromatic N) is 6. The number of carbonyl (C=O) groups is 1. The van der Waals surface area contributed by atoms with E-state index in [1.54, 1.807) is 36.9 Å². The molecule has 13 nitrogen and oxygen atoms in total. The van der Waals surface area contributed by atoms with Gasteiger partial charge in [0.05, 0.1) is 14.2 Å². The normalized spacial score (nSPS) is 11.0. The van der Waals surface area contributed by atoms with E-state index >= 15 is 0 Å². The Balaban J connectivity index is 1.50. The number of nitrogens with one attached hydrogen (secondary N) is 2. The maximum absolute atomic E-state index is 12.5. The van der Waals surface area contributed by atoms with E-state index in [4.69, 9.17) is 9.47 Å². The van der Waals surface area contributed by atoms with Crippen LogP contribution < -0.4 is 31.4 Å². The molecular formula is C19H20N8O5S2. The number of urea groups is 1.